The number of hydrogen-bond acceptors (Lipinski definition) is 4. The first-order valence-corrected chi connectivity index (χ1v) is 12.3. The Bertz CT molecular complexity index is 828. The van der Waals surface area contributed by atoms with Gasteiger partial charge < -0.3 is 4.74 Å². The number of halogens is 3. The Kier molecular flexibility index (Phi) is 11.5. The van der Waals surface area contributed by atoms with Crippen LogP contribution in [0.3, 0.4) is 0 Å². The molecule has 1 atom stereocenters. The second-order valence-corrected chi connectivity index (χ2v) is 10.0. The monoisotopic (exact) mass is 466 g/mol. The molecule has 8 heteroatoms. The molecule has 156 valence electrons. The summed E-state index contributed by atoms with van der Waals surface area (Å²) >= 11 is 13.5. The molecular weight excluding hydrogens is 442 g/mol. The Morgan fingerprint density at radius 3 is 2.18 bits per heavy atom. The normalized spacial score (nSPS) is 12.2. The van der Waals surface area contributed by atoms with Gasteiger partial charge in [0.25, 0.3) is 0 Å². The van der Waals surface area contributed by atoms with Gasteiger partial charge in [-0.1, -0.05) is 29.6 Å². The van der Waals surface area contributed by atoms with E-state index in [9.17, 15) is 12.8 Å². The van der Waals surface area contributed by atoms with Gasteiger partial charge in [-0.25, -0.2) is 12.8 Å². The zero-order chi connectivity index (χ0) is 21.2. The fraction of sp³-hybridized carbons (Fsp3) is 0.400. The molecule has 0 heterocycles. The van der Waals surface area contributed by atoms with Crippen LogP contribution in [0, 0.1) is 5.82 Å². The number of ether oxygens (including phenoxy) is 1. The van der Waals surface area contributed by atoms with Gasteiger partial charge in [0.2, 0.25) is 0 Å². The van der Waals surface area contributed by atoms with Crippen molar-refractivity contribution in [3.63, 3.8) is 0 Å². The van der Waals surface area contributed by atoms with Crippen LogP contribution in [-0.4, -0.2) is 34.6 Å². The summed E-state index contributed by atoms with van der Waals surface area (Å²) in [5.41, 5.74) is 0.117. The summed E-state index contributed by atoms with van der Waals surface area (Å²) in [6.07, 6.45) is 3.89. The number of methoxy groups -OCH3 is 1. The van der Waals surface area contributed by atoms with Crippen molar-refractivity contribution in [1.82, 2.24) is 0 Å². The maximum absolute atomic E-state index is 14.4. The minimum atomic E-state index is -3.76. The van der Waals surface area contributed by atoms with Crippen molar-refractivity contribution < 1.29 is 17.5 Å². The summed E-state index contributed by atoms with van der Waals surface area (Å²) in [6.45, 7) is 0. The lowest BCUT2D eigenvalue weighted by Crippen LogP contribution is -2.15. The van der Waals surface area contributed by atoms with E-state index in [0.717, 1.165) is 12.2 Å². The molecule has 0 spiro atoms. The van der Waals surface area contributed by atoms with E-state index in [0.29, 0.717) is 22.9 Å². The fourth-order valence-electron chi connectivity index (χ4n) is 2.60. The van der Waals surface area contributed by atoms with Crippen molar-refractivity contribution in [2.24, 2.45) is 0 Å². The van der Waals surface area contributed by atoms with Gasteiger partial charge in [0.15, 0.2) is 9.84 Å². The minimum Gasteiger partial charge on any atom is -0.388 e. The number of sulfone groups is 1. The molecule has 28 heavy (non-hydrogen) atoms. The van der Waals surface area contributed by atoms with Gasteiger partial charge >= 0.3 is 0 Å². The Morgan fingerprint density at radius 2 is 1.61 bits per heavy atom. The highest BCUT2D eigenvalue weighted by atomic mass is 35.5. The van der Waals surface area contributed by atoms with E-state index in [2.05, 4.69) is 4.74 Å². The molecule has 0 N–H and O–H groups in total. The SMILES string of the molecule is COC.CSCCCCC(c1cc(Cl)ccc1F)S(=O)(=O)c1ccc(Cl)cc1. The maximum Gasteiger partial charge on any atom is 0.185 e. The summed E-state index contributed by atoms with van der Waals surface area (Å²) < 4.78 is 44.8. The average molecular weight is 467 g/mol. The first-order chi connectivity index (χ1) is 13.3. The molecule has 2 aromatic rings. The molecule has 0 aliphatic heterocycles. The van der Waals surface area contributed by atoms with Crippen LogP contribution in [0.5, 0.6) is 0 Å². The highest BCUT2D eigenvalue weighted by molar-refractivity contribution is 7.98. The predicted octanol–water partition coefficient (Wildman–Crippen LogP) is 6.44. The lowest BCUT2D eigenvalue weighted by atomic mass is 10.1. The molecule has 0 aromatic heterocycles. The van der Waals surface area contributed by atoms with Gasteiger partial charge in [0, 0.05) is 29.8 Å². The molecule has 0 radical (unpaired) electrons. The van der Waals surface area contributed by atoms with E-state index in [1.54, 1.807) is 26.0 Å². The lowest BCUT2D eigenvalue weighted by molar-refractivity contribution is 0.277. The summed E-state index contributed by atoms with van der Waals surface area (Å²) in [7, 11) is -0.511. The van der Waals surface area contributed by atoms with Crippen molar-refractivity contribution in [2.75, 3.05) is 26.2 Å². The number of unbranched alkanes of at least 4 members (excludes halogenated alkanes) is 1. The molecule has 1 unspecified atom stereocenters. The van der Waals surface area contributed by atoms with Crippen molar-refractivity contribution >= 4 is 44.8 Å². The van der Waals surface area contributed by atoms with E-state index in [1.807, 2.05) is 6.26 Å². The summed E-state index contributed by atoms with van der Waals surface area (Å²) in [4.78, 5) is 0.131. The number of hydrogen-bond donors (Lipinski definition) is 0. The van der Waals surface area contributed by atoms with Crippen LogP contribution < -0.4 is 0 Å². The number of benzene rings is 2. The van der Waals surface area contributed by atoms with Crippen LogP contribution in [0.25, 0.3) is 0 Å². The summed E-state index contributed by atoms with van der Waals surface area (Å²) in [5, 5.41) is -0.213. The van der Waals surface area contributed by atoms with E-state index >= 15 is 0 Å². The van der Waals surface area contributed by atoms with Gasteiger partial charge in [-0.05, 0) is 67.3 Å². The Labute approximate surface area is 181 Å². The van der Waals surface area contributed by atoms with Crippen molar-refractivity contribution in [2.45, 2.75) is 29.4 Å². The average Bonchev–Trinajstić information content (AvgIpc) is 2.65. The van der Waals surface area contributed by atoms with Crippen molar-refractivity contribution in [3.8, 4) is 0 Å². The van der Waals surface area contributed by atoms with Crippen molar-refractivity contribution in [3.05, 3.63) is 63.9 Å². The van der Waals surface area contributed by atoms with Gasteiger partial charge in [0.1, 0.15) is 5.82 Å². The Hall–Kier alpha value is -0.790. The molecule has 2 rings (SSSR count). The topological polar surface area (TPSA) is 43.4 Å². The standard InChI is InChI=1S/C18H19Cl2FO2S2.C2H6O/c1-24-11-3-2-4-18(16-12-14(20)7-10-17(16)21)25(22,23)15-8-5-13(19)6-9-15;1-3-2/h5-10,12,18H,2-4,11H2,1H3;1-2H3. The smallest absolute Gasteiger partial charge is 0.185 e. The van der Waals surface area contributed by atoms with Crippen LogP contribution in [0.2, 0.25) is 10.0 Å². The second-order valence-electron chi connectivity index (χ2n) is 6.05. The third-order valence-electron chi connectivity index (χ3n) is 3.89. The van der Waals surface area contributed by atoms with Crippen LogP contribution in [0.15, 0.2) is 47.4 Å². The van der Waals surface area contributed by atoms with Gasteiger partial charge in [-0.3, -0.25) is 0 Å². The minimum absolute atomic E-state index is 0.117. The quantitative estimate of drug-likeness (QED) is 0.419. The first kappa shape index (κ1) is 25.2. The maximum atomic E-state index is 14.4. The fourth-order valence-corrected chi connectivity index (χ4v) is 5.24. The third kappa shape index (κ3) is 7.56. The molecule has 0 bridgehead atoms. The summed E-state index contributed by atoms with van der Waals surface area (Å²) in [5.74, 6) is 0.378. The highest BCUT2D eigenvalue weighted by Gasteiger charge is 2.31. The van der Waals surface area contributed by atoms with E-state index in [1.165, 1.54) is 42.5 Å². The predicted molar refractivity (Wildman–Crippen MR) is 118 cm³/mol. The molecule has 0 saturated carbocycles. The molecule has 0 aliphatic rings. The van der Waals surface area contributed by atoms with Crippen LogP contribution in [0.1, 0.15) is 30.1 Å². The second kappa shape index (κ2) is 12.7. The lowest BCUT2D eigenvalue weighted by Gasteiger charge is -2.19. The summed E-state index contributed by atoms with van der Waals surface area (Å²) in [6, 6.07) is 9.98. The number of rotatable bonds is 8. The Balaban J connectivity index is 0.00000122. The van der Waals surface area contributed by atoms with E-state index in [4.69, 9.17) is 23.2 Å². The van der Waals surface area contributed by atoms with Crippen LogP contribution >= 0.6 is 35.0 Å². The molecule has 0 amide bonds. The molecule has 0 saturated heterocycles. The zero-order valence-electron chi connectivity index (χ0n) is 16.1. The van der Waals surface area contributed by atoms with E-state index < -0.39 is 20.9 Å². The number of thioether (sulfide) groups is 1. The third-order valence-corrected chi connectivity index (χ3v) is 7.24. The molecule has 3 nitrogen and oxygen atoms in total. The van der Waals surface area contributed by atoms with Gasteiger partial charge in [0.05, 0.1) is 10.1 Å². The van der Waals surface area contributed by atoms with Crippen LogP contribution in [0.4, 0.5) is 4.39 Å². The molecule has 2 aromatic carbocycles. The van der Waals surface area contributed by atoms with Gasteiger partial charge in [-0.2, -0.15) is 11.8 Å². The molecule has 0 aliphatic carbocycles. The first-order valence-electron chi connectivity index (χ1n) is 8.61. The molecular formula is C20H25Cl2FO3S2. The Morgan fingerprint density at radius 1 is 1.04 bits per heavy atom. The largest absolute Gasteiger partial charge is 0.388 e. The van der Waals surface area contributed by atoms with Crippen molar-refractivity contribution in [1.29, 1.82) is 0 Å². The zero-order valence-corrected chi connectivity index (χ0v) is 19.3. The van der Waals surface area contributed by atoms with E-state index in [-0.39, 0.29) is 10.5 Å². The highest BCUT2D eigenvalue weighted by Crippen LogP contribution is 2.36. The van der Waals surface area contributed by atoms with Gasteiger partial charge in [-0.15, -0.1) is 0 Å². The van der Waals surface area contributed by atoms with Crippen LogP contribution in [-0.2, 0) is 14.6 Å². The molecule has 0 fully saturated rings.